The lowest BCUT2D eigenvalue weighted by Crippen LogP contribution is -2.54. The molecular weight excluding hydrogens is 582 g/mol. The number of sulfonamides is 1. The molecular formula is C37H43N3O4S. The van der Waals surface area contributed by atoms with Crippen LogP contribution in [0.1, 0.15) is 49.4 Å². The third-order valence-corrected chi connectivity index (χ3v) is 9.77. The second kappa shape index (κ2) is 15.5. The Bertz CT molecular complexity index is 1660. The molecule has 4 aromatic carbocycles. The van der Waals surface area contributed by atoms with Crippen LogP contribution in [0.4, 0.5) is 5.69 Å². The number of hydrogen-bond acceptors (Lipinski definition) is 4. The van der Waals surface area contributed by atoms with Crippen LogP contribution in [0.3, 0.4) is 0 Å². The maximum atomic E-state index is 14.6. The summed E-state index contributed by atoms with van der Waals surface area (Å²) in [5, 5.41) is 3.07. The highest BCUT2D eigenvalue weighted by Crippen LogP contribution is 2.28. The van der Waals surface area contributed by atoms with Crippen molar-refractivity contribution in [1.82, 2.24) is 10.2 Å². The summed E-state index contributed by atoms with van der Waals surface area (Å²) in [5.41, 5.74) is 3.90. The van der Waals surface area contributed by atoms with E-state index in [1.807, 2.05) is 100 Å². The third-order valence-electron chi connectivity index (χ3n) is 8.00. The minimum atomic E-state index is -4.15. The zero-order chi connectivity index (χ0) is 32.4. The van der Waals surface area contributed by atoms with E-state index in [9.17, 15) is 18.0 Å². The molecule has 0 radical (unpaired) electrons. The van der Waals surface area contributed by atoms with Crippen LogP contribution in [0.25, 0.3) is 0 Å². The summed E-state index contributed by atoms with van der Waals surface area (Å²) >= 11 is 0. The predicted molar refractivity (Wildman–Crippen MR) is 180 cm³/mol. The van der Waals surface area contributed by atoms with Gasteiger partial charge in [-0.3, -0.25) is 13.9 Å². The molecule has 45 heavy (non-hydrogen) atoms. The number of hydrogen-bond donors (Lipinski definition) is 1. The number of anilines is 1. The fraction of sp³-hybridized carbons (Fsp3) is 0.297. The molecule has 0 aromatic heterocycles. The minimum absolute atomic E-state index is 0.0942. The van der Waals surface area contributed by atoms with Crippen LogP contribution in [0, 0.1) is 6.92 Å². The first-order valence-corrected chi connectivity index (χ1v) is 16.9. The van der Waals surface area contributed by atoms with Crippen LogP contribution >= 0.6 is 0 Å². The first-order chi connectivity index (χ1) is 21.6. The molecule has 0 saturated heterocycles. The lowest BCUT2D eigenvalue weighted by Gasteiger charge is -2.34. The Morgan fingerprint density at radius 3 is 1.96 bits per heavy atom. The Labute approximate surface area is 268 Å². The number of carbonyl (C=O) groups is 2. The van der Waals surface area contributed by atoms with E-state index in [0.29, 0.717) is 12.1 Å². The third kappa shape index (κ3) is 8.60. The average Bonchev–Trinajstić information content (AvgIpc) is 3.06. The lowest BCUT2D eigenvalue weighted by atomic mass is 10.0. The van der Waals surface area contributed by atoms with Crippen molar-refractivity contribution in [3.63, 3.8) is 0 Å². The minimum Gasteiger partial charge on any atom is -0.352 e. The molecule has 4 rings (SSSR count). The van der Waals surface area contributed by atoms with Gasteiger partial charge in [0.15, 0.2) is 0 Å². The van der Waals surface area contributed by atoms with Crippen LogP contribution in [0.2, 0.25) is 0 Å². The Hall–Kier alpha value is -4.43. The normalized spacial score (nSPS) is 12.6. The van der Waals surface area contributed by atoms with Crippen LogP contribution in [0.5, 0.6) is 0 Å². The van der Waals surface area contributed by atoms with E-state index < -0.39 is 28.5 Å². The van der Waals surface area contributed by atoms with Gasteiger partial charge in [0.1, 0.15) is 12.6 Å². The van der Waals surface area contributed by atoms with Crippen LogP contribution in [-0.4, -0.2) is 43.8 Å². The molecule has 0 unspecified atom stereocenters. The number of nitrogens with zero attached hydrogens (tertiary/aromatic N) is 2. The fourth-order valence-electron chi connectivity index (χ4n) is 5.18. The number of nitrogens with one attached hydrogen (secondary N) is 1. The van der Waals surface area contributed by atoms with Crippen molar-refractivity contribution in [3.05, 3.63) is 131 Å². The van der Waals surface area contributed by atoms with Crippen molar-refractivity contribution in [2.75, 3.05) is 10.8 Å². The van der Waals surface area contributed by atoms with E-state index in [2.05, 4.69) is 5.32 Å². The van der Waals surface area contributed by atoms with Crippen molar-refractivity contribution < 1.29 is 18.0 Å². The van der Waals surface area contributed by atoms with Gasteiger partial charge in [0, 0.05) is 19.0 Å². The standard InChI is InChI=1S/C37H43N3O4S/c1-5-29(4)38-37(42)35(25-30-15-9-7-10-16-30)39(26-31-17-11-8-12-18-31)36(41)27-40(34-20-14-13-19-32(34)6-2)45(43,44)33-23-21-28(3)22-24-33/h7-24,29,35H,5-6,25-27H2,1-4H3,(H,38,42)/t29-,35-/m0/s1. The van der Waals surface area contributed by atoms with Gasteiger partial charge in [-0.2, -0.15) is 0 Å². The summed E-state index contributed by atoms with van der Waals surface area (Å²) in [6.07, 6.45) is 1.58. The van der Waals surface area contributed by atoms with Gasteiger partial charge in [0.05, 0.1) is 10.6 Å². The molecule has 1 N–H and O–H groups in total. The molecule has 0 saturated carbocycles. The molecule has 2 atom stereocenters. The zero-order valence-electron chi connectivity index (χ0n) is 26.5. The fourth-order valence-corrected chi connectivity index (χ4v) is 6.63. The smallest absolute Gasteiger partial charge is 0.264 e. The van der Waals surface area contributed by atoms with Gasteiger partial charge in [0.2, 0.25) is 11.8 Å². The molecule has 4 aromatic rings. The molecule has 2 amide bonds. The Morgan fingerprint density at radius 2 is 1.36 bits per heavy atom. The van der Waals surface area contributed by atoms with E-state index in [4.69, 9.17) is 0 Å². The van der Waals surface area contributed by atoms with Gasteiger partial charge < -0.3 is 10.2 Å². The first-order valence-electron chi connectivity index (χ1n) is 15.5. The molecule has 0 bridgehead atoms. The maximum absolute atomic E-state index is 14.6. The highest BCUT2D eigenvalue weighted by Gasteiger charge is 2.35. The predicted octanol–water partition coefficient (Wildman–Crippen LogP) is 6.31. The number of para-hydroxylation sites is 1. The molecule has 0 heterocycles. The molecule has 236 valence electrons. The highest BCUT2D eigenvalue weighted by atomic mass is 32.2. The summed E-state index contributed by atoms with van der Waals surface area (Å²) in [6, 6.07) is 31.9. The molecule has 0 aliphatic rings. The maximum Gasteiger partial charge on any atom is 0.264 e. The van der Waals surface area contributed by atoms with Crippen LogP contribution < -0.4 is 9.62 Å². The molecule has 8 heteroatoms. The number of benzene rings is 4. The summed E-state index contributed by atoms with van der Waals surface area (Å²) in [5.74, 6) is -0.750. The highest BCUT2D eigenvalue weighted by molar-refractivity contribution is 7.92. The average molecular weight is 626 g/mol. The van der Waals surface area contributed by atoms with Crippen molar-refractivity contribution >= 4 is 27.5 Å². The van der Waals surface area contributed by atoms with Gasteiger partial charge in [-0.15, -0.1) is 0 Å². The Balaban J connectivity index is 1.82. The number of amides is 2. The van der Waals surface area contributed by atoms with Crippen molar-refractivity contribution in [1.29, 1.82) is 0 Å². The second-order valence-electron chi connectivity index (χ2n) is 11.3. The van der Waals surface area contributed by atoms with E-state index in [1.165, 1.54) is 9.21 Å². The van der Waals surface area contributed by atoms with Crippen LogP contribution in [-0.2, 0) is 39.0 Å². The van der Waals surface area contributed by atoms with Crippen LogP contribution in [0.15, 0.2) is 114 Å². The first kappa shape index (κ1) is 33.5. The van der Waals surface area contributed by atoms with Gasteiger partial charge in [-0.05, 0) is 61.6 Å². The molecule has 0 aliphatic heterocycles. The van der Waals surface area contributed by atoms with E-state index in [-0.39, 0.29) is 29.8 Å². The van der Waals surface area contributed by atoms with E-state index >= 15 is 0 Å². The monoisotopic (exact) mass is 625 g/mol. The van der Waals surface area contributed by atoms with Crippen molar-refractivity contribution in [2.24, 2.45) is 0 Å². The summed E-state index contributed by atoms with van der Waals surface area (Å²) in [7, 11) is -4.15. The second-order valence-corrected chi connectivity index (χ2v) is 13.2. The largest absolute Gasteiger partial charge is 0.352 e. The number of rotatable bonds is 14. The topological polar surface area (TPSA) is 86.8 Å². The summed E-state index contributed by atoms with van der Waals surface area (Å²) in [4.78, 5) is 30.1. The van der Waals surface area contributed by atoms with Gasteiger partial charge in [-0.25, -0.2) is 8.42 Å². The number of carbonyl (C=O) groups excluding carboxylic acids is 2. The summed E-state index contributed by atoms with van der Waals surface area (Å²) < 4.78 is 29.8. The van der Waals surface area contributed by atoms with E-state index in [0.717, 1.165) is 28.7 Å². The SMILES string of the molecule is CCc1ccccc1N(CC(=O)N(Cc1ccccc1)[C@@H](Cc1ccccc1)C(=O)N[C@@H](C)CC)S(=O)(=O)c1ccc(C)cc1. The molecule has 7 nitrogen and oxygen atoms in total. The van der Waals surface area contributed by atoms with Gasteiger partial charge in [-0.1, -0.05) is 110 Å². The molecule has 0 aliphatic carbocycles. The number of aryl methyl sites for hydroxylation is 2. The van der Waals surface area contributed by atoms with Gasteiger partial charge in [0.25, 0.3) is 10.0 Å². The molecule has 0 spiro atoms. The van der Waals surface area contributed by atoms with Gasteiger partial charge >= 0.3 is 0 Å². The van der Waals surface area contributed by atoms with Crippen molar-refractivity contribution in [2.45, 2.75) is 70.5 Å². The quantitative estimate of drug-likeness (QED) is 0.178. The van der Waals surface area contributed by atoms with Crippen molar-refractivity contribution in [3.8, 4) is 0 Å². The van der Waals surface area contributed by atoms with E-state index in [1.54, 1.807) is 36.4 Å². The Morgan fingerprint density at radius 1 is 0.778 bits per heavy atom. The lowest BCUT2D eigenvalue weighted by molar-refractivity contribution is -0.140. The Kier molecular flexibility index (Phi) is 11.5. The zero-order valence-corrected chi connectivity index (χ0v) is 27.3. The molecule has 0 fully saturated rings. The summed E-state index contributed by atoms with van der Waals surface area (Å²) in [6.45, 7) is 7.43.